The average molecular weight is 882 g/mol. The Bertz CT molecular complexity index is 2180. The first kappa shape index (κ1) is 44.3. The highest BCUT2D eigenvalue weighted by atomic mass is 32.2. The number of benzene rings is 1. The summed E-state index contributed by atoms with van der Waals surface area (Å²) in [5, 5.41) is 14.6. The molecule has 4 amide bonds. The maximum Gasteiger partial charge on any atom is 0.412 e. The second-order valence-corrected chi connectivity index (χ2v) is 19.3. The van der Waals surface area contributed by atoms with Crippen LogP contribution in [0.25, 0.3) is 10.8 Å². The minimum absolute atomic E-state index is 0.00145. The third kappa shape index (κ3) is 8.09. The molecule has 1 aromatic heterocycles. The van der Waals surface area contributed by atoms with Gasteiger partial charge >= 0.3 is 12.3 Å². The quantitative estimate of drug-likeness (QED) is 0.230. The van der Waals surface area contributed by atoms with E-state index in [-0.39, 0.29) is 48.8 Å². The van der Waals surface area contributed by atoms with Crippen molar-refractivity contribution in [3.05, 3.63) is 42.6 Å². The van der Waals surface area contributed by atoms with Crippen LogP contribution in [0.2, 0.25) is 0 Å². The van der Waals surface area contributed by atoms with Crippen molar-refractivity contribution < 1.29 is 64.5 Å². The van der Waals surface area contributed by atoms with Gasteiger partial charge in [-0.15, -0.1) is 0 Å². The van der Waals surface area contributed by atoms with Crippen molar-refractivity contribution in [3.8, 4) is 11.6 Å². The Morgan fingerprint density at radius 2 is 1.79 bits per heavy atom. The van der Waals surface area contributed by atoms with Crippen molar-refractivity contribution in [3.63, 3.8) is 0 Å². The highest BCUT2D eigenvalue weighted by molar-refractivity contribution is 7.91. The van der Waals surface area contributed by atoms with Crippen LogP contribution in [0.3, 0.4) is 0 Å². The smallest absolute Gasteiger partial charge is 0.412 e. The van der Waals surface area contributed by atoms with Crippen molar-refractivity contribution in [2.24, 2.45) is 17.8 Å². The zero-order chi connectivity index (χ0) is 44.1. The predicted octanol–water partition coefficient (Wildman–Crippen LogP) is 4.89. The SMILES string of the molecule is COc1cnc(O[C@@H]2C[C@H]3C(=O)N[C@]4(C(=O)NS(=O)(=O)C5(CF)CC5)C[C@H]4/C=C\CC[C@@H](C)C[C@@H](C)[C@H](N(C(=O)O)C4(C(F)(F)F)CCOCC4)C(=O)N3C2)c2ccccc12. The third-order valence-electron chi connectivity index (χ3n) is 13.2. The van der Waals surface area contributed by atoms with Gasteiger partial charge in [-0.25, -0.2) is 22.6 Å². The molecule has 0 bridgehead atoms. The van der Waals surface area contributed by atoms with E-state index in [1.165, 1.54) is 20.2 Å². The molecular formula is C41H51F4N5O10S. The summed E-state index contributed by atoms with van der Waals surface area (Å²) in [6.07, 6.45) is -4.11. The van der Waals surface area contributed by atoms with Crippen LogP contribution in [0.1, 0.15) is 71.6 Å². The minimum Gasteiger partial charge on any atom is -0.494 e. The molecule has 15 nitrogen and oxygen atoms in total. The number of halogens is 4. The number of aromatic nitrogens is 1. The molecule has 7 atom stereocenters. The van der Waals surface area contributed by atoms with Crippen molar-refractivity contribution in [2.45, 2.75) is 112 Å². The standard InChI is InChI=1S/C41H51F4N5O10S/c1-24-8-4-5-9-26-20-40(26,36(53)48-61(56,57)38(23-42)12-13-38)47-33(51)30-19-27(60-34-29-11-7-6-10-28(29)31(58-3)21-46-34)22-49(30)35(52)32(25(2)18-24)50(37(54)55)39(41(43,44)45)14-16-59-17-15-39/h5-7,9-11,21,24-27,30,32H,4,8,12-20,22-23H2,1-3H3,(H,47,51)(H,48,53)(H,54,55)/b9-5-/t24-,25-,26-,27-,30+,32+,40-/m1/s1. The molecule has 0 spiro atoms. The Balaban J connectivity index is 1.31. The Kier molecular flexibility index (Phi) is 12.0. The van der Waals surface area contributed by atoms with E-state index < -0.39 is 125 Å². The van der Waals surface area contributed by atoms with Gasteiger partial charge in [-0.3, -0.25) is 24.0 Å². The molecule has 7 rings (SSSR count). The maximum atomic E-state index is 15.4. The first-order chi connectivity index (χ1) is 28.8. The van der Waals surface area contributed by atoms with Crippen LogP contribution in [0.5, 0.6) is 11.6 Å². The number of carboxylic acid groups (broad SMARTS) is 1. The Labute approximate surface area is 350 Å². The van der Waals surface area contributed by atoms with E-state index in [9.17, 15) is 32.3 Å². The molecule has 2 aromatic rings. The fourth-order valence-electron chi connectivity index (χ4n) is 9.39. The van der Waals surface area contributed by atoms with Gasteiger partial charge in [-0.05, 0) is 56.4 Å². The van der Waals surface area contributed by atoms with Crippen LogP contribution < -0.4 is 19.5 Å². The van der Waals surface area contributed by atoms with E-state index in [1.54, 1.807) is 36.4 Å². The molecule has 1 aromatic carbocycles. The highest BCUT2D eigenvalue weighted by Crippen LogP contribution is 2.49. The molecule has 0 unspecified atom stereocenters. The second kappa shape index (κ2) is 16.5. The van der Waals surface area contributed by atoms with Crippen LogP contribution in [0.15, 0.2) is 42.6 Å². The summed E-state index contributed by atoms with van der Waals surface area (Å²) in [5.74, 6) is -4.52. The molecule has 5 aliphatic rings. The number of sulfonamides is 1. The Morgan fingerprint density at radius 3 is 2.41 bits per heavy atom. The van der Waals surface area contributed by atoms with E-state index >= 15 is 18.0 Å². The lowest BCUT2D eigenvalue weighted by Gasteiger charge is -2.50. The summed E-state index contributed by atoms with van der Waals surface area (Å²) < 4.78 is 104. The van der Waals surface area contributed by atoms with Crippen molar-refractivity contribution in [2.75, 3.05) is 33.5 Å². The Morgan fingerprint density at radius 1 is 1.10 bits per heavy atom. The predicted molar refractivity (Wildman–Crippen MR) is 211 cm³/mol. The number of nitrogens with zero attached hydrogens (tertiary/aromatic N) is 3. The lowest BCUT2D eigenvalue weighted by atomic mass is 9.81. The van der Waals surface area contributed by atoms with Gasteiger partial charge in [0.1, 0.15) is 46.4 Å². The number of hydrogen-bond donors (Lipinski definition) is 3. The van der Waals surface area contributed by atoms with Gasteiger partial charge in [0, 0.05) is 49.2 Å². The topological polar surface area (TPSA) is 194 Å². The lowest BCUT2D eigenvalue weighted by Crippen LogP contribution is -2.70. The minimum atomic E-state index is -5.13. The number of hydrogen-bond acceptors (Lipinski definition) is 10. The molecule has 61 heavy (non-hydrogen) atoms. The van der Waals surface area contributed by atoms with E-state index in [0.717, 1.165) is 4.90 Å². The van der Waals surface area contributed by atoms with Crippen molar-refractivity contribution in [1.82, 2.24) is 24.8 Å². The van der Waals surface area contributed by atoms with E-state index in [1.807, 2.05) is 11.6 Å². The summed E-state index contributed by atoms with van der Waals surface area (Å²) in [6.45, 7) is 0.914. The van der Waals surface area contributed by atoms with Crippen LogP contribution in [-0.2, 0) is 29.1 Å². The molecule has 334 valence electrons. The molecule has 20 heteroatoms. The van der Waals surface area contributed by atoms with E-state index in [0.29, 0.717) is 29.4 Å². The van der Waals surface area contributed by atoms with Gasteiger partial charge < -0.3 is 29.5 Å². The number of pyridine rings is 1. The molecular weight excluding hydrogens is 831 g/mol. The molecule has 4 heterocycles. The van der Waals surface area contributed by atoms with Gasteiger partial charge in [0.25, 0.3) is 5.91 Å². The Hall–Kier alpha value is -4.72. The monoisotopic (exact) mass is 881 g/mol. The fraction of sp³-hybridized carbons (Fsp3) is 0.634. The zero-order valence-electron chi connectivity index (χ0n) is 34.1. The second-order valence-electron chi connectivity index (χ2n) is 17.2. The molecule has 2 aliphatic carbocycles. The molecule has 2 saturated heterocycles. The number of rotatable bonds is 9. The number of methoxy groups -OCH3 is 1. The summed E-state index contributed by atoms with van der Waals surface area (Å²) >= 11 is 0. The maximum absolute atomic E-state index is 15.4. The molecule has 3 aliphatic heterocycles. The summed E-state index contributed by atoms with van der Waals surface area (Å²) in [4.78, 5) is 62.9. The van der Waals surface area contributed by atoms with Crippen molar-refractivity contribution >= 4 is 44.6 Å². The fourth-order valence-corrected chi connectivity index (χ4v) is 10.8. The van der Waals surface area contributed by atoms with Gasteiger partial charge in [-0.1, -0.05) is 44.2 Å². The zero-order valence-corrected chi connectivity index (χ0v) is 34.9. The summed E-state index contributed by atoms with van der Waals surface area (Å²) in [7, 11) is -3.05. The van der Waals surface area contributed by atoms with Gasteiger partial charge in [-0.2, -0.15) is 13.2 Å². The number of carbonyl (C=O) groups excluding carboxylic acids is 3. The van der Waals surface area contributed by atoms with Gasteiger partial charge in [0.05, 0.1) is 19.9 Å². The number of ether oxygens (including phenoxy) is 3. The van der Waals surface area contributed by atoms with Crippen LogP contribution in [-0.4, -0.2) is 126 Å². The first-order valence-electron chi connectivity index (χ1n) is 20.5. The summed E-state index contributed by atoms with van der Waals surface area (Å²) in [5.41, 5.74) is -4.85. The number of amides is 4. The number of alkyl halides is 4. The number of nitrogens with one attached hydrogen (secondary N) is 2. The normalized spacial score (nSPS) is 30.7. The lowest BCUT2D eigenvalue weighted by molar-refractivity contribution is -0.253. The number of carbonyl (C=O) groups is 4. The highest BCUT2D eigenvalue weighted by Gasteiger charge is 2.66. The molecule has 2 saturated carbocycles. The van der Waals surface area contributed by atoms with E-state index in [2.05, 4.69) is 10.3 Å². The summed E-state index contributed by atoms with van der Waals surface area (Å²) in [6, 6.07) is 3.50. The van der Waals surface area contributed by atoms with Crippen LogP contribution >= 0.6 is 0 Å². The first-order valence-corrected chi connectivity index (χ1v) is 22.0. The largest absolute Gasteiger partial charge is 0.494 e. The molecule has 4 fully saturated rings. The van der Waals surface area contributed by atoms with Crippen LogP contribution in [0, 0.1) is 17.8 Å². The number of allylic oxidation sites excluding steroid dienone is 1. The average Bonchev–Trinajstić information content (AvgIpc) is 4.12. The van der Waals surface area contributed by atoms with Gasteiger partial charge in [0.15, 0.2) is 0 Å². The number of fused-ring (bicyclic) bond motifs is 3. The third-order valence-corrected chi connectivity index (χ3v) is 15.3. The molecule has 3 N–H and O–H groups in total. The van der Waals surface area contributed by atoms with Gasteiger partial charge in [0.2, 0.25) is 27.7 Å². The van der Waals surface area contributed by atoms with Crippen molar-refractivity contribution in [1.29, 1.82) is 0 Å². The van der Waals surface area contributed by atoms with E-state index in [4.69, 9.17) is 14.2 Å². The van der Waals surface area contributed by atoms with Crippen LogP contribution in [0.4, 0.5) is 22.4 Å². The molecule has 0 radical (unpaired) electrons.